The van der Waals surface area contributed by atoms with Gasteiger partial charge >= 0.3 is 0 Å². The van der Waals surface area contributed by atoms with Crippen LogP contribution < -0.4 is 9.64 Å². The molecule has 0 bridgehead atoms. The molecule has 9 aromatic carbocycles. The van der Waals surface area contributed by atoms with Crippen molar-refractivity contribution < 1.29 is 9.15 Å². The van der Waals surface area contributed by atoms with E-state index >= 15 is 0 Å². The third-order valence-electron chi connectivity index (χ3n) is 11.0. The smallest absolute Gasteiger partial charge is 0.137 e. The van der Waals surface area contributed by atoms with Crippen molar-refractivity contribution in [2.45, 2.75) is 0 Å². The Bertz CT molecular complexity index is 3330. The predicted molar refractivity (Wildman–Crippen MR) is 227 cm³/mol. The molecule has 3 heterocycles. The zero-order chi connectivity index (χ0) is 35.3. The minimum absolute atomic E-state index is 0.836. The molecule has 4 heteroatoms. The normalized spacial score (nSPS) is 12.2. The van der Waals surface area contributed by atoms with Gasteiger partial charge in [0.2, 0.25) is 0 Å². The lowest BCUT2D eigenvalue weighted by Gasteiger charge is -2.28. The Morgan fingerprint density at radius 3 is 2.07 bits per heavy atom. The molecule has 0 aliphatic carbocycles. The van der Waals surface area contributed by atoms with Gasteiger partial charge < -0.3 is 14.1 Å². The second-order valence-electron chi connectivity index (χ2n) is 14.1. The van der Waals surface area contributed by atoms with E-state index in [4.69, 9.17) is 9.15 Å². The molecule has 54 heavy (non-hydrogen) atoms. The van der Waals surface area contributed by atoms with E-state index in [-0.39, 0.29) is 0 Å². The molecule has 0 amide bonds. The van der Waals surface area contributed by atoms with Crippen molar-refractivity contribution >= 4 is 92.1 Å². The van der Waals surface area contributed by atoms with Crippen molar-refractivity contribution in [2.24, 2.45) is 0 Å². The third kappa shape index (κ3) is 4.41. The zero-order valence-corrected chi connectivity index (χ0v) is 29.7. The van der Waals surface area contributed by atoms with Gasteiger partial charge in [0.15, 0.2) is 0 Å². The highest BCUT2D eigenvalue weighted by Crippen LogP contribution is 2.51. The quantitative estimate of drug-likeness (QED) is 0.182. The molecule has 0 unspecified atom stereocenters. The highest BCUT2D eigenvalue weighted by molar-refractivity contribution is 7.25. The molecular weight excluding hydrogens is 679 g/mol. The summed E-state index contributed by atoms with van der Waals surface area (Å²) in [7, 11) is 0. The molecular formula is C50H29NO2S. The Morgan fingerprint density at radius 2 is 1.11 bits per heavy atom. The van der Waals surface area contributed by atoms with Crippen LogP contribution >= 0.6 is 11.3 Å². The average Bonchev–Trinajstić information content (AvgIpc) is 3.79. The number of anilines is 3. The number of hydrogen-bond donors (Lipinski definition) is 0. The van der Waals surface area contributed by atoms with Crippen molar-refractivity contribution in [1.29, 1.82) is 0 Å². The Morgan fingerprint density at radius 1 is 0.389 bits per heavy atom. The van der Waals surface area contributed by atoms with Crippen molar-refractivity contribution in [3.05, 3.63) is 176 Å². The van der Waals surface area contributed by atoms with Gasteiger partial charge in [0.25, 0.3) is 0 Å². The van der Waals surface area contributed by atoms with Gasteiger partial charge in [0.05, 0.1) is 0 Å². The van der Waals surface area contributed by atoms with Crippen LogP contribution in [0.1, 0.15) is 0 Å². The number of furan rings is 1. The summed E-state index contributed by atoms with van der Waals surface area (Å²) < 4.78 is 15.8. The first-order valence-electron chi connectivity index (χ1n) is 18.2. The van der Waals surface area contributed by atoms with E-state index in [1.165, 1.54) is 53.0 Å². The molecule has 0 saturated carbocycles. The lowest BCUT2D eigenvalue weighted by Crippen LogP contribution is -2.10. The van der Waals surface area contributed by atoms with Gasteiger partial charge in [0, 0.05) is 71.1 Å². The van der Waals surface area contributed by atoms with Crippen LogP contribution in [0.15, 0.2) is 180 Å². The van der Waals surface area contributed by atoms with Crippen LogP contribution in [-0.4, -0.2) is 0 Å². The van der Waals surface area contributed by atoms with E-state index in [1.54, 1.807) is 0 Å². The van der Waals surface area contributed by atoms with Gasteiger partial charge in [-0.05, 0) is 99.6 Å². The number of para-hydroxylation sites is 1. The maximum absolute atomic E-state index is 6.86. The highest BCUT2D eigenvalue weighted by Gasteiger charge is 2.24. The lowest BCUT2D eigenvalue weighted by molar-refractivity contribution is 0.487. The van der Waals surface area contributed by atoms with Crippen molar-refractivity contribution in [1.82, 2.24) is 0 Å². The molecule has 3 nitrogen and oxygen atoms in total. The molecule has 1 aliphatic rings. The first-order valence-corrected chi connectivity index (χ1v) is 19.1. The van der Waals surface area contributed by atoms with Gasteiger partial charge in [-0.2, -0.15) is 0 Å². The maximum Gasteiger partial charge on any atom is 0.137 e. The van der Waals surface area contributed by atoms with Crippen molar-refractivity contribution in [2.75, 3.05) is 4.90 Å². The summed E-state index contributed by atoms with van der Waals surface area (Å²) in [4.78, 5) is 2.32. The largest absolute Gasteiger partial charge is 0.456 e. The number of fused-ring (bicyclic) bond motifs is 9. The summed E-state index contributed by atoms with van der Waals surface area (Å²) in [6.07, 6.45) is 0. The molecule has 12 rings (SSSR count). The molecule has 0 N–H and O–H groups in total. The van der Waals surface area contributed by atoms with E-state index in [1.807, 2.05) is 23.5 Å². The van der Waals surface area contributed by atoms with Crippen LogP contribution in [0.5, 0.6) is 11.5 Å². The van der Waals surface area contributed by atoms with Crippen LogP contribution in [-0.2, 0) is 0 Å². The first-order chi connectivity index (χ1) is 26.7. The van der Waals surface area contributed by atoms with E-state index in [0.717, 1.165) is 61.4 Å². The van der Waals surface area contributed by atoms with Crippen LogP contribution in [0.2, 0.25) is 0 Å². The first kappa shape index (κ1) is 29.7. The molecule has 252 valence electrons. The molecule has 0 radical (unpaired) electrons. The van der Waals surface area contributed by atoms with E-state index in [9.17, 15) is 0 Å². The van der Waals surface area contributed by atoms with Crippen LogP contribution in [0.4, 0.5) is 17.1 Å². The topological polar surface area (TPSA) is 25.6 Å². The number of nitrogens with zero attached hydrogens (tertiary/aromatic N) is 1. The standard InChI is InChI=1S/C50H29NO2S/c1-2-9-31-26-32(17-16-30(31)8-1)36-23-24-45-50-41(36)12-7-13-42(50)39-22-19-35(29-47(39)53-45)51(33-20-25-49-43(27-33)40-11-4-6-15-48(40)54-49)34-18-21-38-37-10-3-5-14-44(37)52-46(38)28-34/h1-29H. The van der Waals surface area contributed by atoms with Gasteiger partial charge in [-0.3, -0.25) is 0 Å². The van der Waals surface area contributed by atoms with Gasteiger partial charge in [-0.25, -0.2) is 0 Å². The number of ether oxygens (including phenoxy) is 1. The fourth-order valence-corrected chi connectivity index (χ4v) is 9.61. The minimum atomic E-state index is 0.836. The summed E-state index contributed by atoms with van der Waals surface area (Å²) >= 11 is 1.83. The van der Waals surface area contributed by atoms with E-state index in [0.29, 0.717) is 0 Å². The Balaban J connectivity index is 1.03. The molecule has 11 aromatic rings. The minimum Gasteiger partial charge on any atom is -0.456 e. The lowest BCUT2D eigenvalue weighted by atomic mass is 9.90. The Hall–Kier alpha value is -6.88. The van der Waals surface area contributed by atoms with Gasteiger partial charge in [-0.15, -0.1) is 11.3 Å². The summed E-state index contributed by atoms with van der Waals surface area (Å²) in [6.45, 7) is 0. The number of thiophene rings is 1. The van der Waals surface area contributed by atoms with Crippen LogP contribution in [0.3, 0.4) is 0 Å². The van der Waals surface area contributed by atoms with E-state index in [2.05, 4.69) is 169 Å². The fraction of sp³-hybridized carbons (Fsp3) is 0. The molecule has 0 atom stereocenters. The number of hydrogen-bond acceptors (Lipinski definition) is 4. The molecule has 2 aromatic heterocycles. The van der Waals surface area contributed by atoms with Gasteiger partial charge in [-0.1, -0.05) is 97.1 Å². The predicted octanol–water partition coefficient (Wildman–Crippen LogP) is 15.2. The second kappa shape index (κ2) is 11.3. The third-order valence-corrected chi connectivity index (χ3v) is 12.2. The van der Waals surface area contributed by atoms with Crippen molar-refractivity contribution in [3.8, 4) is 33.8 Å². The second-order valence-corrected chi connectivity index (χ2v) is 15.2. The molecule has 0 saturated heterocycles. The molecule has 1 aliphatic heterocycles. The van der Waals surface area contributed by atoms with Crippen molar-refractivity contribution in [3.63, 3.8) is 0 Å². The monoisotopic (exact) mass is 707 g/mol. The Kier molecular flexibility index (Phi) is 6.21. The van der Waals surface area contributed by atoms with E-state index < -0.39 is 0 Å². The number of benzene rings is 9. The van der Waals surface area contributed by atoms with Crippen LogP contribution in [0, 0.1) is 0 Å². The average molecular weight is 708 g/mol. The molecule has 0 spiro atoms. The SMILES string of the molecule is c1ccc2cc(-c3ccc4c5c(cccc35)-c3ccc(N(c5ccc6c(c5)oc5ccccc56)c5ccc6sc7ccccc7c6c5)cc3O4)ccc2c1. The number of rotatable bonds is 4. The summed E-state index contributed by atoms with van der Waals surface area (Å²) in [5, 5.41) is 9.56. The fourth-order valence-electron chi connectivity index (χ4n) is 8.52. The Labute approximate surface area is 314 Å². The summed E-state index contributed by atoms with van der Waals surface area (Å²) in [5.74, 6) is 1.71. The zero-order valence-electron chi connectivity index (χ0n) is 28.9. The summed E-state index contributed by atoms with van der Waals surface area (Å²) in [5.41, 5.74) is 9.50. The van der Waals surface area contributed by atoms with Gasteiger partial charge in [0.1, 0.15) is 22.7 Å². The highest BCUT2D eigenvalue weighted by atomic mass is 32.1. The van der Waals surface area contributed by atoms with Crippen LogP contribution in [0.25, 0.3) is 85.9 Å². The summed E-state index contributed by atoms with van der Waals surface area (Å²) in [6, 6.07) is 63.1. The molecule has 0 fully saturated rings. The maximum atomic E-state index is 6.86.